The van der Waals surface area contributed by atoms with Gasteiger partial charge in [-0.05, 0) is 18.9 Å². The monoisotopic (exact) mass is 376 g/mol. The second kappa shape index (κ2) is 6.35. The van der Waals surface area contributed by atoms with E-state index in [0.717, 1.165) is 35.2 Å². The Kier molecular flexibility index (Phi) is 3.83. The van der Waals surface area contributed by atoms with Gasteiger partial charge in [-0.15, -0.1) is 5.10 Å². The highest BCUT2D eigenvalue weighted by molar-refractivity contribution is 6.31. The van der Waals surface area contributed by atoms with Gasteiger partial charge in [0.15, 0.2) is 11.6 Å². The Labute approximate surface area is 161 Å². The number of ketones is 1. The summed E-state index contributed by atoms with van der Waals surface area (Å²) in [5.74, 6) is 1.42. The van der Waals surface area contributed by atoms with Crippen molar-refractivity contribution >= 4 is 23.3 Å². The number of fused-ring (bicyclic) bond motifs is 1. The predicted octanol–water partition coefficient (Wildman–Crippen LogP) is 4.62. The zero-order valence-corrected chi connectivity index (χ0v) is 15.3. The molecule has 5 nitrogen and oxygen atoms in total. The summed E-state index contributed by atoms with van der Waals surface area (Å²) in [5, 5.41) is 8.71. The Bertz CT molecular complexity index is 1070. The summed E-state index contributed by atoms with van der Waals surface area (Å²) < 4.78 is 1.80. The third kappa shape index (κ3) is 2.66. The van der Waals surface area contributed by atoms with Crippen molar-refractivity contribution in [3.63, 3.8) is 0 Å². The fraction of sp³-hybridized carbons (Fsp3) is 0.190. The lowest BCUT2D eigenvalue weighted by atomic mass is 9.85. The Morgan fingerprint density at radius 2 is 1.81 bits per heavy atom. The second-order valence-electron chi connectivity index (χ2n) is 6.79. The average Bonchev–Trinajstić information content (AvgIpc) is 3.12. The smallest absolute Gasteiger partial charge is 0.226 e. The van der Waals surface area contributed by atoms with Crippen LogP contribution >= 0.6 is 11.6 Å². The fourth-order valence-corrected chi connectivity index (χ4v) is 4.09. The quantitative estimate of drug-likeness (QED) is 0.708. The van der Waals surface area contributed by atoms with Crippen molar-refractivity contribution < 1.29 is 4.79 Å². The van der Waals surface area contributed by atoms with Gasteiger partial charge in [0.25, 0.3) is 0 Å². The molecule has 1 aliphatic heterocycles. The van der Waals surface area contributed by atoms with Gasteiger partial charge in [0.2, 0.25) is 5.95 Å². The molecule has 2 aliphatic rings. The van der Waals surface area contributed by atoms with Crippen LogP contribution in [-0.2, 0) is 4.79 Å². The molecule has 27 heavy (non-hydrogen) atoms. The standard InChI is InChI=1S/C21H17ClN4O/c22-15-10-5-4-9-14(15)19-18-16(11-6-12-17(18)27)23-21-24-20(25-26(19)21)13-7-2-1-3-8-13/h1-5,7-10,19H,6,11-12H2,(H,23,24,25)/t19-/m1/s1. The first-order valence-corrected chi connectivity index (χ1v) is 9.40. The molecule has 0 bridgehead atoms. The van der Waals surface area contributed by atoms with Crippen LogP contribution in [0.4, 0.5) is 5.95 Å². The Morgan fingerprint density at radius 3 is 2.63 bits per heavy atom. The number of carbonyl (C=O) groups excluding carboxylic acids is 1. The lowest BCUT2D eigenvalue weighted by molar-refractivity contribution is -0.116. The minimum Gasteiger partial charge on any atom is -0.328 e. The van der Waals surface area contributed by atoms with Crippen molar-refractivity contribution in [1.82, 2.24) is 14.8 Å². The first kappa shape index (κ1) is 16.3. The lowest BCUT2D eigenvalue weighted by Gasteiger charge is -2.32. The number of allylic oxidation sites excluding steroid dienone is 2. The predicted molar refractivity (Wildman–Crippen MR) is 105 cm³/mol. The van der Waals surface area contributed by atoms with Gasteiger partial charge in [0.1, 0.15) is 6.04 Å². The molecule has 0 saturated heterocycles. The van der Waals surface area contributed by atoms with Crippen molar-refractivity contribution in [2.75, 3.05) is 5.32 Å². The molecule has 1 atom stereocenters. The maximum Gasteiger partial charge on any atom is 0.226 e. The number of hydrogen-bond donors (Lipinski definition) is 1. The van der Waals surface area contributed by atoms with Gasteiger partial charge in [-0.25, -0.2) is 4.68 Å². The van der Waals surface area contributed by atoms with E-state index < -0.39 is 0 Å². The molecule has 0 spiro atoms. The van der Waals surface area contributed by atoms with E-state index in [1.165, 1.54) is 0 Å². The van der Waals surface area contributed by atoms with Gasteiger partial charge >= 0.3 is 0 Å². The SMILES string of the molecule is O=C1CCCC2=C1[C@@H](c1ccccc1Cl)n1nc(-c3ccccc3)nc1N2. The highest BCUT2D eigenvalue weighted by Gasteiger charge is 2.37. The van der Waals surface area contributed by atoms with E-state index in [-0.39, 0.29) is 11.8 Å². The largest absolute Gasteiger partial charge is 0.328 e. The third-order valence-electron chi connectivity index (χ3n) is 5.10. The molecule has 3 aromatic rings. The Morgan fingerprint density at radius 1 is 1.04 bits per heavy atom. The molecular weight excluding hydrogens is 360 g/mol. The van der Waals surface area contributed by atoms with E-state index in [0.29, 0.717) is 23.2 Å². The van der Waals surface area contributed by atoms with Crippen LogP contribution in [0.3, 0.4) is 0 Å². The zero-order valence-electron chi connectivity index (χ0n) is 14.5. The highest BCUT2D eigenvalue weighted by atomic mass is 35.5. The lowest BCUT2D eigenvalue weighted by Crippen LogP contribution is -2.31. The molecule has 134 valence electrons. The molecule has 2 aromatic carbocycles. The van der Waals surface area contributed by atoms with Crippen molar-refractivity contribution in [1.29, 1.82) is 0 Å². The summed E-state index contributed by atoms with van der Waals surface area (Å²) in [6.07, 6.45) is 2.23. The van der Waals surface area contributed by atoms with Crippen molar-refractivity contribution in [3.8, 4) is 11.4 Å². The number of anilines is 1. The van der Waals surface area contributed by atoms with Crippen LogP contribution < -0.4 is 5.32 Å². The molecule has 0 amide bonds. The molecule has 0 fully saturated rings. The zero-order chi connectivity index (χ0) is 18.4. The Balaban J connectivity index is 1.71. The minimum atomic E-state index is -0.359. The molecule has 1 aromatic heterocycles. The number of hydrogen-bond acceptors (Lipinski definition) is 4. The first-order valence-electron chi connectivity index (χ1n) is 9.02. The van der Waals surface area contributed by atoms with Crippen LogP contribution in [0.15, 0.2) is 65.9 Å². The van der Waals surface area contributed by atoms with Gasteiger partial charge < -0.3 is 5.32 Å². The second-order valence-corrected chi connectivity index (χ2v) is 7.19. The molecule has 1 N–H and O–H groups in total. The summed E-state index contributed by atoms with van der Waals surface area (Å²) in [6, 6.07) is 17.1. The van der Waals surface area contributed by atoms with Crippen molar-refractivity contribution in [2.24, 2.45) is 0 Å². The van der Waals surface area contributed by atoms with Crippen molar-refractivity contribution in [3.05, 3.63) is 76.5 Å². The summed E-state index contributed by atoms with van der Waals surface area (Å²) in [6.45, 7) is 0. The van der Waals surface area contributed by atoms with E-state index in [1.54, 1.807) is 4.68 Å². The van der Waals surface area contributed by atoms with Crippen LogP contribution in [0.5, 0.6) is 0 Å². The van der Waals surface area contributed by atoms with E-state index in [4.69, 9.17) is 21.7 Å². The molecule has 6 heteroatoms. The number of halogens is 1. The van der Waals surface area contributed by atoms with Crippen LogP contribution in [-0.4, -0.2) is 20.5 Å². The van der Waals surface area contributed by atoms with Gasteiger partial charge in [-0.3, -0.25) is 4.79 Å². The van der Waals surface area contributed by atoms with E-state index in [2.05, 4.69) is 5.32 Å². The van der Waals surface area contributed by atoms with Gasteiger partial charge in [0, 0.05) is 33.8 Å². The van der Waals surface area contributed by atoms with Gasteiger partial charge in [-0.2, -0.15) is 4.98 Å². The van der Waals surface area contributed by atoms with Gasteiger partial charge in [-0.1, -0.05) is 60.1 Å². The minimum absolute atomic E-state index is 0.149. The number of carbonyl (C=O) groups is 1. The highest BCUT2D eigenvalue weighted by Crippen LogP contribution is 2.42. The molecule has 0 saturated carbocycles. The number of aromatic nitrogens is 3. The summed E-state index contributed by atoms with van der Waals surface area (Å²) in [5.41, 5.74) is 3.50. The van der Waals surface area contributed by atoms with Crippen LogP contribution in [0.2, 0.25) is 5.02 Å². The normalized spacial score (nSPS) is 18.7. The van der Waals surface area contributed by atoms with E-state index >= 15 is 0 Å². The molecule has 0 unspecified atom stereocenters. The Hall–Kier alpha value is -2.92. The van der Waals surface area contributed by atoms with Gasteiger partial charge in [0.05, 0.1) is 0 Å². The summed E-state index contributed by atoms with van der Waals surface area (Å²) in [7, 11) is 0. The molecule has 5 rings (SSSR count). The molecular formula is C21H17ClN4O. The van der Waals surface area contributed by atoms with Crippen LogP contribution in [0.25, 0.3) is 11.4 Å². The number of benzene rings is 2. The maximum atomic E-state index is 12.8. The third-order valence-corrected chi connectivity index (χ3v) is 5.44. The molecule has 1 aliphatic carbocycles. The summed E-state index contributed by atoms with van der Waals surface area (Å²) >= 11 is 6.51. The number of rotatable bonds is 2. The summed E-state index contributed by atoms with van der Waals surface area (Å²) in [4.78, 5) is 17.5. The average molecular weight is 377 g/mol. The first-order chi connectivity index (χ1) is 13.2. The topological polar surface area (TPSA) is 59.8 Å². The molecule has 2 heterocycles. The van der Waals surface area contributed by atoms with Crippen LogP contribution in [0, 0.1) is 0 Å². The van der Waals surface area contributed by atoms with E-state index in [9.17, 15) is 4.79 Å². The van der Waals surface area contributed by atoms with E-state index in [1.807, 2.05) is 54.6 Å². The van der Waals surface area contributed by atoms with Crippen molar-refractivity contribution in [2.45, 2.75) is 25.3 Å². The number of nitrogens with zero attached hydrogens (tertiary/aromatic N) is 3. The maximum absolute atomic E-state index is 12.8. The van der Waals surface area contributed by atoms with Crippen LogP contribution in [0.1, 0.15) is 30.9 Å². The number of Topliss-reactive ketones (excluding diaryl/α,β-unsaturated/α-hetero) is 1. The molecule has 0 radical (unpaired) electrons. The fourth-order valence-electron chi connectivity index (χ4n) is 3.85. The number of nitrogens with one attached hydrogen (secondary N) is 1.